The van der Waals surface area contributed by atoms with E-state index in [9.17, 15) is 4.39 Å². The molecule has 1 aromatic carbocycles. The molecule has 1 N–H and O–H groups in total. The van der Waals surface area contributed by atoms with Crippen molar-refractivity contribution in [1.82, 2.24) is 5.32 Å². The molecule has 0 aliphatic heterocycles. The number of ether oxygens (including phenoxy) is 1. The number of nitrogens with zero attached hydrogens (tertiary/aromatic N) is 1. The lowest BCUT2D eigenvalue weighted by Crippen LogP contribution is -2.34. The predicted octanol–water partition coefficient (Wildman–Crippen LogP) is 2.97. The van der Waals surface area contributed by atoms with Crippen LogP contribution in [0.4, 0.5) is 10.1 Å². The molecule has 0 aliphatic carbocycles. The van der Waals surface area contributed by atoms with E-state index in [1.54, 1.807) is 13.2 Å². The van der Waals surface area contributed by atoms with Gasteiger partial charge in [-0.3, -0.25) is 0 Å². The van der Waals surface area contributed by atoms with Crippen molar-refractivity contribution in [2.24, 2.45) is 0 Å². The third-order valence-corrected chi connectivity index (χ3v) is 3.42. The third-order valence-electron chi connectivity index (χ3n) is 3.42. The number of likely N-dealkylation sites (N-methyl/N-ethyl adjacent to an activating group) is 1. The maximum atomic E-state index is 13.5. The van der Waals surface area contributed by atoms with Gasteiger partial charge in [0.2, 0.25) is 0 Å². The molecule has 0 amide bonds. The minimum absolute atomic E-state index is 0.118. The van der Waals surface area contributed by atoms with Crippen LogP contribution in [0.3, 0.4) is 0 Å². The number of anilines is 1. The van der Waals surface area contributed by atoms with Gasteiger partial charge in [0.25, 0.3) is 0 Å². The Morgan fingerprint density at radius 3 is 2.63 bits per heavy atom. The van der Waals surface area contributed by atoms with Gasteiger partial charge in [0.15, 0.2) is 0 Å². The predicted molar refractivity (Wildman–Crippen MR) is 78.2 cm³/mol. The van der Waals surface area contributed by atoms with Gasteiger partial charge in [-0.25, -0.2) is 4.39 Å². The van der Waals surface area contributed by atoms with Crippen LogP contribution in [-0.4, -0.2) is 33.4 Å². The van der Waals surface area contributed by atoms with Crippen molar-refractivity contribution in [2.45, 2.75) is 32.9 Å². The number of benzene rings is 1. The molecule has 19 heavy (non-hydrogen) atoms. The van der Waals surface area contributed by atoms with Gasteiger partial charge < -0.3 is 15.0 Å². The highest BCUT2D eigenvalue weighted by Crippen LogP contribution is 2.27. The smallest absolute Gasteiger partial charge is 0.123 e. The first-order valence-corrected chi connectivity index (χ1v) is 6.75. The Morgan fingerprint density at radius 2 is 2.05 bits per heavy atom. The Bertz CT molecular complexity index is 398. The van der Waals surface area contributed by atoms with E-state index in [1.807, 2.05) is 20.0 Å². The van der Waals surface area contributed by atoms with E-state index < -0.39 is 0 Å². The Balaban J connectivity index is 3.05. The molecule has 0 saturated heterocycles. The average molecular weight is 268 g/mol. The van der Waals surface area contributed by atoms with E-state index in [1.165, 1.54) is 6.07 Å². The third kappa shape index (κ3) is 4.18. The van der Waals surface area contributed by atoms with Crippen molar-refractivity contribution in [3.8, 4) is 0 Å². The van der Waals surface area contributed by atoms with Crippen molar-refractivity contribution in [2.75, 3.05) is 32.2 Å². The Hall–Kier alpha value is -1.13. The van der Waals surface area contributed by atoms with Crippen LogP contribution in [0, 0.1) is 5.82 Å². The van der Waals surface area contributed by atoms with Crippen LogP contribution in [0.15, 0.2) is 18.2 Å². The molecule has 3 nitrogen and oxygen atoms in total. The lowest BCUT2D eigenvalue weighted by Gasteiger charge is -2.30. The van der Waals surface area contributed by atoms with E-state index in [-0.39, 0.29) is 17.9 Å². The fraction of sp³-hybridized carbons (Fsp3) is 0.600. The van der Waals surface area contributed by atoms with Gasteiger partial charge in [0.1, 0.15) is 5.82 Å². The number of rotatable bonds is 7. The van der Waals surface area contributed by atoms with Crippen LogP contribution in [0.1, 0.15) is 32.4 Å². The van der Waals surface area contributed by atoms with E-state index >= 15 is 0 Å². The van der Waals surface area contributed by atoms with Crippen molar-refractivity contribution >= 4 is 5.69 Å². The molecule has 0 saturated carbocycles. The molecule has 2 unspecified atom stereocenters. The minimum atomic E-state index is -0.198. The van der Waals surface area contributed by atoms with Crippen LogP contribution in [0.5, 0.6) is 0 Å². The molecular weight excluding hydrogens is 243 g/mol. The first-order valence-electron chi connectivity index (χ1n) is 6.75. The lowest BCUT2D eigenvalue weighted by molar-refractivity contribution is 0.183. The molecule has 0 spiro atoms. The van der Waals surface area contributed by atoms with Gasteiger partial charge in [-0.05, 0) is 44.2 Å². The molecule has 0 radical (unpaired) electrons. The number of hydrogen-bond donors (Lipinski definition) is 1. The highest BCUT2D eigenvalue weighted by molar-refractivity contribution is 5.55. The SMILES string of the molecule is CCNC(C)c1cc(F)ccc1N(C)C(C)COC. The van der Waals surface area contributed by atoms with E-state index in [0.717, 1.165) is 17.8 Å². The lowest BCUT2D eigenvalue weighted by atomic mass is 10.0. The van der Waals surface area contributed by atoms with Crippen LogP contribution >= 0.6 is 0 Å². The van der Waals surface area contributed by atoms with Gasteiger partial charge in [0, 0.05) is 31.9 Å². The molecule has 108 valence electrons. The second-order valence-electron chi connectivity index (χ2n) is 4.90. The summed E-state index contributed by atoms with van der Waals surface area (Å²) in [6, 6.07) is 5.31. The number of halogens is 1. The van der Waals surface area contributed by atoms with Gasteiger partial charge in [-0.1, -0.05) is 6.92 Å². The van der Waals surface area contributed by atoms with Crippen molar-refractivity contribution in [3.63, 3.8) is 0 Å². The van der Waals surface area contributed by atoms with Gasteiger partial charge in [-0.15, -0.1) is 0 Å². The molecule has 2 atom stereocenters. The molecule has 0 aliphatic rings. The summed E-state index contributed by atoms with van der Waals surface area (Å²) >= 11 is 0. The number of nitrogens with one attached hydrogen (secondary N) is 1. The number of methoxy groups -OCH3 is 1. The zero-order valence-electron chi connectivity index (χ0n) is 12.5. The molecule has 0 aromatic heterocycles. The molecule has 1 rings (SSSR count). The fourth-order valence-corrected chi connectivity index (χ4v) is 2.20. The monoisotopic (exact) mass is 268 g/mol. The highest BCUT2D eigenvalue weighted by Gasteiger charge is 2.17. The maximum Gasteiger partial charge on any atom is 0.123 e. The van der Waals surface area contributed by atoms with Gasteiger partial charge in [0.05, 0.1) is 6.61 Å². The van der Waals surface area contributed by atoms with Gasteiger partial charge in [-0.2, -0.15) is 0 Å². The van der Waals surface area contributed by atoms with E-state index in [0.29, 0.717) is 6.61 Å². The van der Waals surface area contributed by atoms with E-state index in [4.69, 9.17) is 4.74 Å². The van der Waals surface area contributed by atoms with Crippen LogP contribution < -0.4 is 10.2 Å². The summed E-state index contributed by atoms with van der Waals surface area (Å²) in [7, 11) is 3.70. The van der Waals surface area contributed by atoms with Crippen LogP contribution in [0.25, 0.3) is 0 Å². The van der Waals surface area contributed by atoms with Crippen LogP contribution in [0.2, 0.25) is 0 Å². The molecule has 1 aromatic rings. The molecular formula is C15H25FN2O. The Morgan fingerprint density at radius 1 is 1.37 bits per heavy atom. The van der Waals surface area contributed by atoms with Crippen molar-refractivity contribution < 1.29 is 9.13 Å². The summed E-state index contributed by atoms with van der Waals surface area (Å²) in [6.45, 7) is 7.69. The van der Waals surface area contributed by atoms with E-state index in [2.05, 4.69) is 24.1 Å². The summed E-state index contributed by atoms with van der Waals surface area (Å²) in [5.41, 5.74) is 2.02. The summed E-state index contributed by atoms with van der Waals surface area (Å²) in [6.07, 6.45) is 0. The zero-order valence-corrected chi connectivity index (χ0v) is 12.5. The second-order valence-corrected chi connectivity index (χ2v) is 4.90. The highest BCUT2D eigenvalue weighted by atomic mass is 19.1. The summed E-state index contributed by atoms with van der Waals surface area (Å²) in [4.78, 5) is 2.13. The normalized spacial score (nSPS) is 14.2. The Kier molecular flexibility index (Phi) is 6.25. The quantitative estimate of drug-likeness (QED) is 0.823. The fourth-order valence-electron chi connectivity index (χ4n) is 2.20. The summed E-state index contributed by atoms with van der Waals surface area (Å²) in [5.74, 6) is -0.198. The zero-order chi connectivity index (χ0) is 14.4. The molecule has 0 heterocycles. The Labute approximate surface area is 115 Å². The molecule has 4 heteroatoms. The number of hydrogen-bond acceptors (Lipinski definition) is 3. The largest absolute Gasteiger partial charge is 0.383 e. The second kappa shape index (κ2) is 7.46. The minimum Gasteiger partial charge on any atom is -0.383 e. The van der Waals surface area contributed by atoms with Gasteiger partial charge >= 0.3 is 0 Å². The van der Waals surface area contributed by atoms with Crippen molar-refractivity contribution in [3.05, 3.63) is 29.6 Å². The molecule has 0 bridgehead atoms. The summed E-state index contributed by atoms with van der Waals surface area (Å²) < 4.78 is 18.7. The maximum absolute atomic E-state index is 13.5. The summed E-state index contributed by atoms with van der Waals surface area (Å²) in [5, 5.41) is 3.33. The standard InChI is InChI=1S/C15H25FN2O/c1-6-17-12(3)14-9-13(16)7-8-15(14)18(4)11(2)10-19-5/h7-9,11-12,17H,6,10H2,1-5H3. The first kappa shape index (κ1) is 15.9. The average Bonchev–Trinajstić information content (AvgIpc) is 2.38. The van der Waals surface area contributed by atoms with Crippen molar-refractivity contribution in [1.29, 1.82) is 0 Å². The topological polar surface area (TPSA) is 24.5 Å². The first-order chi connectivity index (χ1) is 9.01. The molecule has 0 fully saturated rings. The van der Waals surface area contributed by atoms with Crippen LogP contribution in [-0.2, 0) is 4.74 Å².